The van der Waals surface area contributed by atoms with Gasteiger partial charge in [-0.2, -0.15) is 0 Å². The molecule has 1 N–H and O–H groups in total. The molecule has 0 spiro atoms. The Bertz CT molecular complexity index is 604. The van der Waals surface area contributed by atoms with E-state index in [-0.39, 0.29) is 23.4 Å². The molecule has 3 aliphatic rings. The summed E-state index contributed by atoms with van der Waals surface area (Å²) in [7, 11) is 0. The van der Waals surface area contributed by atoms with Crippen molar-refractivity contribution < 1.29 is 24.2 Å². The van der Waals surface area contributed by atoms with Crippen LogP contribution in [0.1, 0.15) is 46.5 Å². The summed E-state index contributed by atoms with van der Waals surface area (Å²) in [6, 6.07) is 0. The minimum atomic E-state index is -1.47. The second-order valence-electron chi connectivity index (χ2n) is 7.08. The number of esters is 2. The predicted molar refractivity (Wildman–Crippen MR) is 78.5 cm³/mol. The highest BCUT2D eigenvalue weighted by Crippen LogP contribution is 2.58. The molecule has 2 aliphatic carbocycles. The third kappa shape index (κ3) is 2.10. The van der Waals surface area contributed by atoms with Crippen LogP contribution in [0.2, 0.25) is 0 Å². The molecule has 22 heavy (non-hydrogen) atoms. The molecule has 0 aromatic carbocycles. The van der Waals surface area contributed by atoms with E-state index in [1.54, 1.807) is 6.92 Å². The number of hydrogen-bond donors (Lipinski definition) is 1. The Morgan fingerprint density at radius 2 is 2.18 bits per heavy atom. The van der Waals surface area contributed by atoms with Gasteiger partial charge in [0.15, 0.2) is 0 Å². The van der Waals surface area contributed by atoms with E-state index < -0.39 is 11.8 Å². The molecule has 1 aliphatic heterocycles. The topological polar surface area (TPSA) is 72.8 Å². The van der Waals surface area contributed by atoms with Crippen LogP contribution in [-0.4, -0.2) is 28.9 Å². The van der Waals surface area contributed by atoms with E-state index >= 15 is 0 Å². The van der Waals surface area contributed by atoms with Gasteiger partial charge in [-0.25, -0.2) is 4.79 Å². The first kappa shape index (κ1) is 15.3. The molecule has 0 aromatic heterocycles. The van der Waals surface area contributed by atoms with Gasteiger partial charge in [0.2, 0.25) is 5.79 Å². The largest absolute Gasteiger partial charge is 0.458 e. The number of aliphatic hydroxyl groups is 1. The van der Waals surface area contributed by atoms with Crippen LogP contribution in [-0.2, 0) is 19.1 Å². The first-order valence-corrected chi connectivity index (χ1v) is 7.68. The monoisotopic (exact) mass is 306 g/mol. The predicted octanol–water partition coefficient (Wildman–Crippen LogP) is 2.25. The van der Waals surface area contributed by atoms with E-state index in [1.807, 2.05) is 0 Å². The lowest BCUT2D eigenvalue weighted by molar-refractivity contribution is -0.205. The number of carbonyl (C=O) groups excluding carboxylic acids is 2. The molecule has 5 heteroatoms. The van der Waals surface area contributed by atoms with Crippen LogP contribution in [0.5, 0.6) is 0 Å². The molecule has 0 aromatic rings. The summed E-state index contributed by atoms with van der Waals surface area (Å²) < 4.78 is 10.6. The van der Waals surface area contributed by atoms with Crippen LogP contribution < -0.4 is 0 Å². The van der Waals surface area contributed by atoms with E-state index in [0.717, 1.165) is 12.0 Å². The fourth-order valence-corrected chi connectivity index (χ4v) is 4.33. The average Bonchev–Trinajstić information content (AvgIpc) is 2.61. The van der Waals surface area contributed by atoms with Gasteiger partial charge in [0.05, 0.1) is 0 Å². The van der Waals surface area contributed by atoms with Gasteiger partial charge in [0.25, 0.3) is 0 Å². The highest BCUT2D eigenvalue weighted by Gasteiger charge is 2.58. The average molecular weight is 306 g/mol. The summed E-state index contributed by atoms with van der Waals surface area (Å²) in [6.45, 7) is 9.33. The number of rotatable bonds is 1. The van der Waals surface area contributed by atoms with E-state index in [2.05, 4.69) is 13.5 Å². The number of carbonyl (C=O) groups is 2. The number of ether oxygens (including phenoxy) is 2. The number of fused-ring (bicyclic) bond motifs is 2. The molecule has 5 nitrogen and oxygen atoms in total. The van der Waals surface area contributed by atoms with Gasteiger partial charge >= 0.3 is 11.9 Å². The Morgan fingerprint density at radius 3 is 2.82 bits per heavy atom. The Hall–Kier alpha value is -1.62. The van der Waals surface area contributed by atoms with Crippen molar-refractivity contribution in [3.63, 3.8) is 0 Å². The highest BCUT2D eigenvalue weighted by atomic mass is 16.7. The second kappa shape index (κ2) is 4.69. The van der Waals surface area contributed by atoms with E-state index in [9.17, 15) is 14.7 Å². The summed E-state index contributed by atoms with van der Waals surface area (Å²) in [5.41, 5.74) is 1.82. The molecule has 3 rings (SSSR count). The van der Waals surface area contributed by atoms with Crippen molar-refractivity contribution in [2.24, 2.45) is 11.3 Å². The van der Waals surface area contributed by atoms with Crippen LogP contribution in [0.4, 0.5) is 0 Å². The van der Waals surface area contributed by atoms with Crippen molar-refractivity contribution in [3.05, 3.63) is 23.3 Å². The first-order chi connectivity index (χ1) is 10.2. The van der Waals surface area contributed by atoms with Gasteiger partial charge in [0, 0.05) is 24.5 Å². The molecule has 4 atom stereocenters. The minimum absolute atomic E-state index is 0.0744. The third-order valence-corrected chi connectivity index (χ3v) is 5.53. The molecule has 2 saturated carbocycles. The zero-order valence-electron chi connectivity index (χ0n) is 13.3. The van der Waals surface area contributed by atoms with E-state index in [4.69, 9.17) is 9.47 Å². The fourth-order valence-electron chi connectivity index (χ4n) is 4.33. The zero-order chi connectivity index (χ0) is 16.3. The van der Waals surface area contributed by atoms with Crippen LogP contribution in [0.15, 0.2) is 23.3 Å². The lowest BCUT2D eigenvalue weighted by Crippen LogP contribution is -2.51. The summed E-state index contributed by atoms with van der Waals surface area (Å²) in [4.78, 5) is 23.1. The van der Waals surface area contributed by atoms with E-state index in [0.29, 0.717) is 30.4 Å². The zero-order valence-corrected chi connectivity index (χ0v) is 13.3. The molecule has 2 fully saturated rings. The van der Waals surface area contributed by atoms with Gasteiger partial charge in [-0.3, -0.25) is 4.79 Å². The smallest absolute Gasteiger partial charge is 0.336 e. The van der Waals surface area contributed by atoms with Crippen LogP contribution in [0.3, 0.4) is 0 Å². The highest BCUT2D eigenvalue weighted by molar-refractivity contribution is 5.92. The Kier molecular flexibility index (Phi) is 3.25. The van der Waals surface area contributed by atoms with Gasteiger partial charge in [-0.1, -0.05) is 13.5 Å². The maximum Gasteiger partial charge on any atom is 0.336 e. The Labute approximate surface area is 130 Å². The number of hydrogen-bond acceptors (Lipinski definition) is 5. The standard InChI is InChI=1S/C17H22O5/c1-9-12-7-13-10(2)15(19)22-17(13,20)8-16(12,4)6-5-14(9)21-11(3)18/h12,14,20H,1,5-8H2,2-4H3/t12-,14+,16+,17+/m0/s1. The molecule has 0 radical (unpaired) electrons. The quantitative estimate of drug-likeness (QED) is 0.594. The molecule has 0 saturated heterocycles. The van der Waals surface area contributed by atoms with Crippen molar-refractivity contribution >= 4 is 11.9 Å². The fraction of sp³-hybridized carbons (Fsp3) is 0.647. The van der Waals surface area contributed by atoms with Crippen molar-refractivity contribution in [2.75, 3.05) is 0 Å². The normalized spacial score (nSPS) is 40.9. The summed E-state index contributed by atoms with van der Waals surface area (Å²) >= 11 is 0. The van der Waals surface area contributed by atoms with Gasteiger partial charge in [0.1, 0.15) is 6.10 Å². The maximum atomic E-state index is 11.8. The van der Waals surface area contributed by atoms with Gasteiger partial charge in [-0.05, 0) is 43.1 Å². The Morgan fingerprint density at radius 1 is 1.50 bits per heavy atom. The van der Waals surface area contributed by atoms with Crippen LogP contribution in [0.25, 0.3) is 0 Å². The minimum Gasteiger partial charge on any atom is -0.458 e. The maximum absolute atomic E-state index is 11.8. The third-order valence-electron chi connectivity index (χ3n) is 5.53. The summed E-state index contributed by atoms with van der Waals surface area (Å²) in [6.07, 6.45) is 2.10. The van der Waals surface area contributed by atoms with Crippen molar-refractivity contribution in [3.8, 4) is 0 Å². The van der Waals surface area contributed by atoms with Gasteiger partial charge < -0.3 is 14.6 Å². The van der Waals surface area contributed by atoms with E-state index in [1.165, 1.54) is 6.92 Å². The van der Waals surface area contributed by atoms with Gasteiger partial charge in [-0.15, -0.1) is 0 Å². The van der Waals surface area contributed by atoms with Crippen molar-refractivity contribution in [1.82, 2.24) is 0 Å². The van der Waals surface area contributed by atoms with Crippen molar-refractivity contribution in [2.45, 2.75) is 58.3 Å². The lowest BCUT2D eigenvalue weighted by atomic mass is 9.56. The molecule has 0 unspecified atom stereocenters. The summed E-state index contributed by atoms with van der Waals surface area (Å²) in [5, 5.41) is 10.7. The van der Waals surface area contributed by atoms with Crippen molar-refractivity contribution in [1.29, 1.82) is 0 Å². The molecular weight excluding hydrogens is 284 g/mol. The molecule has 0 bridgehead atoms. The first-order valence-electron chi connectivity index (χ1n) is 7.68. The Balaban J connectivity index is 1.93. The molecule has 0 amide bonds. The molecule has 120 valence electrons. The molecular formula is C17H22O5. The lowest BCUT2D eigenvalue weighted by Gasteiger charge is -2.52. The SMILES string of the molecule is C=C1[C@H](OC(C)=O)CC[C@]2(C)C[C@@]3(O)OC(=O)C(C)=C3C[C@@H]12. The van der Waals surface area contributed by atoms with Crippen LogP contribution in [0, 0.1) is 11.3 Å². The summed E-state index contributed by atoms with van der Waals surface area (Å²) in [5.74, 6) is -2.15. The van der Waals surface area contributed by atoms with Crippen LogP contribution >= 0.6 is 0 Å². The molecule has 1 heterocycles. The second-order valence-corrected chi connectivity index (χ2v) is 7.08.